The summed E-state index contributed by atoms with van der Waals surface area (Å²) < 4.78 is -0.590. The van der Waals surface area contributed by atoms with Crippen molar-refractivity contribution in [1.82, 2.24) is 9.97 Å². The molecule has 118 valence electrons. The van der Waals surface area contributed by atoms with Gasteiger partial charge in [0.2, 0.25) is 0 Å². The molecule has 1 N–H and O–H groups in total. The van der Waals surface area contributed by atoms with Crippen LogP contribution >= 0.6 is 46.1 Å². The van der Waals surface area contributed by atoms with Crippen molar-refractivity contribution in [2.24, 2.45) is 5.92 Å². The van der Waals surface area contributed by atoms with Gasteiger partial charge in [0.25, 0.3) is 0 Å². The zero-order valence-corrected chi connectivity index (χ0v) is 15.0. The minimum atomic E-state index is -0.590. The standard InChI is InChI=1S/C16H12Cl3N3S/c17-11-3-1-9(2-4-11)12-7-23-15-13(12)14(21-8-22-15)20-6-10-5-16(10,18)19/h1-4,7-8,10H,5-6H2,(H,20,21,22)/t10-/m0/s1. The Morgan fingerprint density at radius 2 is 1.96 bits per heavy atom. The van der Waals surface area contributed by atoms with E-state index in [1.165, 1.54) is 0 Å². The second-order valence-corrected chi connectivity index (χ2v) is 8.44. The number of fused-ring (bicyclic) bond motifs is 1. The van der Waals surface area contributed by atoms with E-state index in [1.54, 1.807) is 17.7 Å². The Bertz CT molecular complexity index is 861. The van der Waals surface area contributed by atoms with E-state index in [4.69, 9.17) is 34.8 Å². The molecular weight excluding hydrogens is 373 g/mol. The zero-order chi connectivity index (χ0) is 16.0. The molecule has 1 aliphatic rings. The number of benzene rings is 1. The van der Waals surface area contributed by atoms with E-state index in [0.717, 1.165) is 38.6 Å². The highest BCUT2D eigenvalue weighted by molar-refractivity contribution is 7.17. The van der Waals surface area contributed by atoms with Gasteiger partial charge < -0.3 is 5.32 Å². The number of alkyl halides is 2. The smallest absolute Gasteiger partial charge is 0.138 e. The second kappa shape index (κ2) is 5.78. The van der Waals surface area contributed by atoms with Crippen molar-refractivity contribution in [3.05, 3.63) is 41.0 Å². The van der Waals surface area contributed by atoms with Crippen LogP contribution < -0.4 is 5.32 Å². The van der Waals surface area contributed by atoms with Crippen LogP contribution in [0.5, 0.6) is 0 Å². The highest BCUT2D eigenvalue weighted by atomic mass is 35.5. The molecule has 0 amide bonds. The first-order valence-corrected chi connectivity index (χ1v) is 9.16. The van der Waals surface area contributed by atoms with E-state index in [2.05, 4.69) is 20.7 Å². The second-order valence-electron chi connectivity index (χ2n) is 5.60. The summed E-state index contributed by atoms with van der Waals surface area (Å²) in [6.45, 7) is 0.703. The third-order valence-electron chi connectivity index (χ3n) is 4.00. The lowest BCUT2D eigenvalue weighted by atomic mass is 10.1. The van der Waals surface area contributed by atoms with Gasteiger partial charge in [-0.3, -0.25) is 0 Å². The molecule has 0 unspecified atom stereocenters. The maximum absolute atomic E-state index is 6.09. The number of hydrogen-bond donors (Lipinski definition) is 1. The Hall–Kier alpha value is -1.07. The minimum Gasteiger partial charge on any atom is -0.369 e. The summed E-state index contributed by atoms with van der Waals surface area (Å²) in [5, 5.41) is 7.21. The van der Waals surface area contributed by atoms with E-state index in [1.807, 2.05) is 24.3 Å². The molecule has 1 aliphatic carbocycles. The van der Waals surface area contributed by atoms with E-state index < -0.39 is 4.33 Å². The number of rotatable bonds is 4. The van der Waals surface area contributed by atoms with Crippen LogP contribution in [0.15, 0.2) is 36.0 Å². The maximum Gasteiger partial charge on any atom is 0.138 e. The lowest BCUT2D eigenvalue weighted by Gasteiger charge is -2.08. The Labute approximate surface area is 152 Å². The lowest BCUT2D eigenvalue weighted by Crippen LogP contribution is -2.09. The van der Waals surface area contributed by atoms with Crippen LogP contribution in [0.3, 0.4) is 0 Å². The average molecular weight is 385 g/mol. The first-order valence-electron chi connectivity index (χ1n) is 7.14. The number of anilines is 1. The predicted octanol–water partition coefficient (Wildman–Crippen LogP) is 5.62. The molecule has 4 rings (SSSR count). The maximum atomic E-state index is 6.09. The van der Waals surface area contributed by atoms with Crippen LogP contribution in [0.4, 0.5) is 5.82 Å². The molecule has 2 aromatic heterocycles. The van der Waals surface area contributed by atoms with Gasteiger partial charge >= 0.3 is 0 Å². The molecule has 2 heterocycles. The lowest BCUT2D eigenvalue weighted by molar-refractivity contribution is 0.870. The van der Waals surface area contributed by atoms with Crippen LogP contribution in [0.1, 0.15) is 6.42 Å². The molecule has 1 atom stereocenters. The molecule has 3 nitrogen and oxygen atoms in total. The zero-order valence-electron chi connectivity index (χ0n) is 11.9. The van der Waals surface area contributed by atoms with Gasteiger partial charge in [-0.1, -0.05) is 23.7 Å². The van der Waals surface area contributed by atoms with Crippen molar-refractivity contribution in [2.45, 2.75) is 10.8 Å². The molecule has 0 radical (unpaired) electrons. The van der Waals surface area contributed by atoms with Crippen LogP contribution in [0.2, 0.25) is 5.02 Å². The fourth-order valence-electron chi connectivity index (χ4n) is 2.56. The predicted molar refractivity (Wildman–Crippen MR) is 98.9 cm³/mol. The summed E-state index contributed by atoms with van der Waals surface area (Å²) in [4.78, 5) is 9.72. The quantitative estimate of drug-likeness (QED) is 0.593. The molecule has 0 aliphatic heterocycles. The first kappa shape index (κ1) is 15.5. The van der Waals surface area contributed by atoms with Gasteiger partial charge in [-0.25, -0.2) is 9.97 Å². The van der Waals surface area contributed by atoms with Gasteiger partial charge in [0.05, 0.1) is 5.39 Å². The van der Waals surface area contributed by atoms with Crippen molar-refractivity contribution >= 4 is 62.2 Å². The summed E-state index contributed by atoms with van der Waals surface area (Å²) >= 11 is 19.8. The largest absolute Gasteiger partial charge is 0.369 e. The van der Waals surface area contributed by atoms with Crippen molar-refractivity contribution < 1.29 is 0 Å². The Balaban J connectivity index is 1.70. The van der Waals surface area contributed by atoms with Crippen LogP contribution in [-0.2, 0) is 0 Å². The molecule has 3 aromatic rings. The van der Waals surface area contributed by atoms with E-state index >= 15 is 0 Å². The number of nitrogens with one attached hydrogen (secondary N) is 1. The highest BCUT2D eigenvalue weighted by Crippen LogP contribution is 2.53. The van der Waals surface area contributed by atoms with E-state index in [9.17, 15) is 0 Å². The topological polar surface area (TPSA) is 37.8 Å². The summed E-state index contributed by atoms with van der Waals surface area (Å²) in [5.74, 6) is 1.07. The molecule has 1 fully saturated rings. The third kappa shape index (κ3) is 3.01. The first-order chi connectivity index (χ1) is 11.0. The number of nitrogens with zero attached hydrogens (tertiary/aromatic N) is 2. The number of halogens is 3. The van der Waals surface area contributed by atoms with Gasteiger partial charge in [-0.15, -0.1) is 34.5 Å². The summed E-state index contributed by atoms with van der Waals surface area (Å²) in [6.07, 6.45) is 2.39. The van der Waals surface area contributed by atoms with Crippen LogP contribution in [0.25, 0.3) is 21.3 Å². The van der Waals surface area contributed by atoms with Gasteiger partial charge in [-0.2, -0.15) is 0 Å². The normalized spacial score (nSPS) is 19.0. The Morgan fingerprint density at radius 1 is 1.22 bits per heavy atom. The monoisotopic (exact) mass is 383 g/mol. The van der Waals surface area contributed by atoms with E-state index in [-0.39, 0.29) is 5.92 Å². The highest BCUT2D eigenvalue weighted by Gasteiger charge is 2.51. The third-order valence-corrected chi connectivity index (χ3v) is 6.06. The molecule has 1 saturated carbocycles. The van der Waals surface area contributed by atoms with Crippen LogP contribution in [-0.4, -0.2) is 20.8 Å². The van der Waals surface area contributed by atoms with Gasteiger partial charge in [0.15, 0.2) is 0 Å². The summed E-state index contributed by atoms with van der Waals surface area (Å²) in [6, 6.07) is 7.78. The number of hydrogen-bond acceptors (Lipinski definition) is 4. The van der Waals surface area contributed by atoms with Crippen molar-refractivity contribution in [3.8, 4) is 11.1 Å². The van der Waals surface area contributed by atoms with E-state index in [0.29, 0.717) is 6.54 Å². The average Bonchev–Trinajstić information content (AvgIpc) is 2.95. The molecule has 1 aromatic carbocycles. The number of thiophene rings is 1. The Kier molecular flexibility index (Phi) is 3.88. The van der Waals surface area contributed by atoms with Crippen molar-refractivity contribution in [2.75, 3.05) is 11.9 Å². The summed E-state index contributed by atoms with van der Waals surface area (Å²) in [7, 11) is 0. The fraction of sp³-hybridized carbons (Fsp3) is 0.250. The van der Waals surface area contributed by atoms with Crippen molar-refractivity contribution in [1.29, 1.82) is 0 Å². The van der Waals surface area contributed by atoms with Gasteiger partial charge in [-0.05, 0) is 24.1 Å². The molecule has 0 spiro atoms. The van der Waals surface area contributed by atoms with Crippen LogP contribution in [0, 0.1) is 5.92 Å². The van der Waals surface area contributed by atoms with Crippen molar-refractivity contribution in [3.63, 3.8) is 0 Å². The molecule has 7 heteroatoms. The molecule has 23 heavy (non-hydrogen) atoms. The number of aromatic nitrogens is 2. The van der Waals surface area contributed by atoms with Gasteiger partial charge in [0.1, 0.15) is 21.3 Å². The summed E-state index contributed by atoms with van der Waals surface area (Å²) in [5.41, 5.74) is 2.19. The Morgan fingerprint density at radius 3 is 2.65 bits per heavy atom. The molecule has 0 bridgehead atoms. The minimum absolute atomic E-state index is 0.258. The molecular formula is C16H12Cl3N3S. The van der Waals surface area contributed by atoms with Gasteiger partial charge in [0, 0.05) is 28.4 Å². The SMILES string of the molecule is Clc1ccc(-c2csc3ncnc(NC[C@@H]4CC4(Cl)Cl)c23)cc1. The fourth-order valence-corrected chi connectivity index (χ4v) is 4.13. The molecule has 0 saturated heterocycles.